The number of hydrogen-bond donors (Lipinski definition) is 0. The van der Waals surface area contributed by atoms with Crippen molar-refractivity contribution >= 4 is 23.4 Å². The molecule has 2 heterocycles. The molecule has 0 aliphatic carbocycles. The summed E-state index contributed by atoms with van der Waals surface area (Å²) < 4.78 is 10.9. The molecule has 5 nitrogen and oxygen atoms in total. The van der Waals surface area contributed by atoms with E-state index in [0.29, 0.717) is 18.1 Å². The molecule has 3 aromatic rings. The van der Waals surface area contributed by atoms with Crippen molar-refractivity contribution in [2.75, 3.05) is 25.7 Å². The number of nitrogens with zero attached hydrogens (tertiary/aromatic N) is 2. The van der Waals surface area contributed by atoms with Gasteiger partial charge in [-0.15, -0.1) is 0 Å². The molecule has 1 aromatic heterocycles. The number of fused-ring (bicyclic) bond motifs is 1. The number of rotatable bonds is 7. The smallest absolute Gasteiger partial charge is 0.338 e. The van der Waals surface area contributed by atoms with Crippen LogP contribution in [0.25, 0.3) is 6.08 Å². The Labute approximate surface area is 189 Å². The standard InChI is InChI=1S/C27H28N2O3/c1-4-19-5-9-22(10-6-19)29(2)23-11-12-24-20(14-16-32-26(24)17-23)7-8-21-18-28-15-13-25(21)27(30)31-3/h4-6,9-13,15,17-18,20H,1,7-8,14,16H2,2-3H3/t20-/m1/s1. The number of hydrogen-bond acceptors (Lipinski definition) is 5. The number of esters is 1. The van der Waals surface area contributed by atoms with Crippen molar-refractivity contribution < 1.29 is 14.3 Å². The van der Waals surface area contributed by atoms with E-state index in [9.17, 15) is 4.79 Å². The van der Waals surface area contributed by atoms with Gasteiger partial charge in [0, 0.05) is 36.9 Å². The Kier molecular flexibility index (Phi) is 6.55. The minimum Gasteiger partial charge on any atom is -0.493 e. The van der Waals surface area contributed by atoms with Gasteiger partial charge in [0.2, 0.25) is 0 Å². The van der Waals surface area contributed by atoms with Gasteiger partial charge in [-0.25, -0.2) is 4.79 Å². The Morgan fingerprint density at radius 2 is 2.00 bits per heavy atom. The molecule has 0 N–H and O–H groups in total. The van der Waals surface area contributed by atoms with Crippen LogP contribution in [-0.4, -0.2) is 31.7 Å². The summed E-state index contributed by atoms with van der Waals surface area (Å²) in [6.07, 6.45) is 7.88. The fourth-order valence-electron chi connectivity index (χ4n) is 4.21. The lowest BCUT2D eigenvalue weighted by Crippen LogP contribution is -2.17. The first-order chi connectivity index (χ1) is 15.6. The first-order valence-electron chi connectivity index (χ1n) is 10.8. The second-order valence-electron chi connectivity index (χ2n) is 7.97. The van der Waals surface area contributed by atoms with E-state index < -0.39 is 0 Å². The topological polar surface area (TPSA) is 51.7 Å². The lowest BCUT2D eigenvalue weighted by molar-refractivity contribution is 0.0599. The summed E-state index contributed by atoms with van der Waals surface area (Å²) in [5.74, 6) is 0.993. The van der Waals surface area contributed by atoms with Gasteiger partial charge in [-0.3, -0.25) is 4.98 Å². The van der Waals surface area contributed by atoms with Gasteiger partial charge in [0.25, 0.3) is 0 Å². The quantitative estimate of drug-likeness (QED) is 0.447. The van der Waals surface area contributed by atoms with Crippen molar-refractivity contribution in [2.45, 2.75) is 25.2 Å². The fourth-order valence-corrected chi connectivity index (χ4v) is 4.21. The molecule has 164 valence electrons. The first-order valence-corrected chi connectivity index (χ1v) is 10.8. The van der Waals surface area contributed by atoms with Gasteiger partial charge in [-0.2, -0.15) is 0 Å². The highest BCUT2D eigenvalue weighted by molar-refractivity contribution is 5.90. The van der Waals surface area contributed by atoms with Crippen LogP contribution < -0.4 is 9.64 Å². The SMILES string of the molecule is C=Cc1ccc(N(C)c2ccc3c(c2)OCC[C@H]3CCc2cnccc2C(=O)OC)cc1. The summed E-state index contributed by atoms with van der Waals surface area (Å²) in [5.41, 5.74) is 6.02. The maximum absolute atomic E-state index is 12.1. The number of pyridine rings is 1. The molecule has 0 amide bonds. The first kappa shape index (κ1) is 21.6. The van der Waals surface area contributed by atoms with Crippen LogP contribution in [0.3, 0.4) is 0 Å². The molecule has 0 radical (unpaired) electrons. The van der Waals surface area contributed by atoms with Crippen molar-refractivity contribution in [1.82, 2.24) is 4.98 Å². The van der Waals surface area contributed by atoms with Gasteiger partial charge in [0.15, 0.2) is 0 Å². The van der Waals surface area contributed by atoms with Crippen molar-refractivity contribution in [3.05, 3.63) is 89.8 Å². The zero-order chi connectivity index (χ0) is 22.5. The molecule has 0 unspecified atom stereocenters. The van der Waals surface area contributed by atoms with Crippen molar-refractivity contribution in [1.29, 1.82) is 0 Å². The average Bonchev–Trinajstić information content (AvgIpc) is 2.86. The maximum atomic E-state index is 12.1. The van der Waals surface area contributed by atoms with Gasteiger partial charge in [-0.05, 0) is 66.1 Å². The molecule has 0 fully saturated rings. The Balaban J connectivity index is 1.51. The number of carbonyl (C=O) groups excluding carboxylic acids is 1. The molecule has 5 heteroatoms. The van der Waals surface area contributed by atoms with E-state index >= 15 is 0 Å². The van der Waals surface area contributed by atoms with Gasteiger partial charge in [-0.1, -0.05) is 30.9 Å². The molecule has 0 saturated carbocycles. The van der Waals surface area contributed by atoms with E-state index in [1.54, 1.807) is 18.5 Å². The van der Waals surface area contributed by atoms with E-state index in [2.05, 4.69) is 66.0 Å². The lowest BCUT2D eigenvalue weighted by Gasteiger charge is -2.28. The third kappa shape index (κ3) is 4.52. The third-order valence-electron chi connectivity index (χ3n) is 6.14. The molecule has 1 aliphatic rings. The van der Waals surface area contributed by atoms with E-state index in [4.69, 9.17) is 9.47 Å². The molecular formula is C27H28N2O3. The van der Waals surface area contributed by atoms with Gasteiger partial charge in [0.05, 0.1) is 19.3 Å². The Bertz CT molecular complexity index is 1110. The van der Waals surface area contributed by atoms with Crippen LogP contribution in [0.4, 0.5) is 11.4 Å². The molecular weight excluding hydrogens is 400 g/mol. The number of carbonyl (C=O) groups is 1. The Hall–Kier alpha value is -3.60. The number of aryl methyl sites for hydroxylation is 1. The number of aromatic nitrogens is 1. The number of benzene rings is 2. The highest BCUT2D eigenvalue weighted by Gasteiger charge is 2.23. The van der Waals surface area contributed by atoms with Crippen LogP contribution in [-0.2, 0) is 11.2 Å². The highest BCUT2D eigenvalue weighted by atomic mass is 16.5. The minimum absolute atomic E-state index is 0.316. The van der Waals surface area contributed by atoms with Gasteiger partial charge < -0.3 is 14.4 Å². The largest absolute Gasteiger partial charge is 0.493 e. The second-order valence-corrected chi connectivity index (χ2v) is 7.97. The maximum Gasteiger partial charge on any atom is 0.338 e. The monoisotopic (exact) mass is 428 g/mol. The molecule has 32 heavy (non-hydrogen) atoms. The van der Waals surface area contributed by atoms with E-state index in [1.165, 1.54) is 12.7 Å². The Morgan fingerprint density at radius 1 is 1.22 bits per heavy atom. The zero-order valence-electron chi connectivity index (χ0n) is 18.6. The second kappa shape index (κ2) is 9.69. The van der Waals surface area contributed by atoms with Crippen LogP contribution in [0.15, 0.2) is 67.5 Å². The predicted molar refractivity (Wildman–Crippen MR) is 128 cm³/mol. The van der Waals surface area contributed by atoms with Crippen molar-refractivity contribution in [3.63, 3.8) is 0 Å². The summed E-state index contributed by atoms with van der Waals surface area (Å²) in [6, 6.07) is 16.5. The molecule has 4 rings (SSSR count). The van der Waals surface area contributed by atoms with Crippen molar-refractivity contribution in [2.24, 2.45) is 0 Å². The number of ether oxygens (including phenoxy) is 2. The third-order valence-corrected chi connectivity index (χ3v) is 6.14. The van der Waals surface area contributed by atoms with Gasteiger partial charge >= 0.3 is 5.97 Å². The molecule has 1 atom stereocenters. The predicted octanol–water partition coefficient (Wildman–Crippen LogP) is 5.78. The van der Waals surface area contributed by atoms with Crippen LogP contribution in [0.1, 0.15) is 45.8 Å². The molecule has 0 spiro atoms. The average molecular weight is 429 g/mol. The van der Waals surface area contributed by atoms with Crippen LogP contribution in [0.5, 0.6) is 5.75 Å². The zero-order valence-corrected chi connectivity index (χ0v) is 18.6. The van der Waals surface area contributed by atoms with Crippen molar-refractivity contribution in [3.8, 4) is 5.75 Å². The normalized spacial score (nSPS) is 14.8. The molecule has 1 aliphatic heterocycles. The number of anilines is 2. The number of methoxy groups -OCH3 is 1. The van der Waals surface area contributed by atoms with Crippen LogP contribution >= 0.6 is 0 Å². The summed E-state index contributed by atoms with van der Waals surface area (Å²) in [5, 5.41) is 0. The van der Waals surface area contributed by atoms with E-state index in [0.717, 1.165) is 47.5 Å². The summed E-state index contributed by atoms with van der Waals surface area (Å²) in [7, 11) is 3.46. The fraction of sp³-hybridized carbons (Fsp3) is 0.259. The van der Waals surface area contributed by atoms with Crippen LogP contribution in [0, 0.1) is 0 Å². The van der Waals surface area contributed by atoms with E-state index in [-0.39, 0.29) is 5.97 Å². The Morgan fingerprint density at radius 3 is 2.75 bits per heavy atom. The summed E-state index contributed by atoms with van der Waals surface area (Å²) in [4.78, 5) is 18.4. The summed E-state index contributed by atoms with van der Waals surface area (Å²) >= 11 is 0. The summed E-state index contributed by atoms with van der Waals surface area (Å²) in [6.45, 7) is 4.50. The lowest BCUT2D eigenvalue weighted by atomic mass is 9.87. The van der Waals surface area contributed by atoms with Crippen LogP contribution in [0.2, 0.25) is 0 Å². The van der Waals surface area contributed by atoms with E-state index in [1.807, 2.05) is 6.08 Å². The van der Waals surface area contributed by atoms with Gasteiger partial charge in [0.1, 0.15) is 5.75 Å². The molecule has 0 bridgehead atoms. The minimum atomic E-state index is -0.316. The molecule has 0 saturated heterocycles. The molecule has 2 aromatic carbocycles. The highest BCUT2D eigenvalue weighted by Crippen LogP contribution is 2.39.